The van der Waals surface area contributed by atoms with Gasteiger partial charge < -0.3 is 9.64 Å². The number of carbonyl (C=O) groups excluding carboxylic acids is 1. The van der Waals surface area contributed by atoms with Gasteiger partial charge >= 0.3 is 0 Å². The smallest absolute Gasteiger partial charge is 0.254 e. The first-order valence-corrected chi connectivity index (χ1v) is 6.58. The molecule has 1 heterocycles. The number of likely N-dealkylation sites (tertiary alicyclic amines) is 1. The molecule has 2 bridgehead atoms. The minimum absolute atomic E-state index is 0.0198. The van der Waals surface area contributed by atoms with Gasteiger partial charge in [-0.05, 0) is 31.0 Å². The molecule has 4 nitrogen and oxygen atoms in total. The summed E-state index contributed by atoms with van der Waals surface area (Å²) < 4.78 is 5.51. The minimum Gasteiger partial charge on any atom is -0.379 e. The fraction of sp³-hybridized carbons (Fsp3) is 0.467. The predicted octanol–water partition coefficient (Wildman–Crippen LogP) is 1.81. The Labute approximate surface area is 112 Å². The van der Waals surface area contributed by atoms with E-state index in [-0.39, 0.29) is 18.1 Å². The van der Waals surface area contributed by atoms with Crippen LogP contribution >= 0.6 is 0 Å². The summed E-state index contributed by atoms with van der Waals surface area (Å²) in [5, 5.41) is 8.90. The first-order chi connectivity index (χ1) is 9.24. The molecule has 1 saturated carbocycles. The third-order valence-electron chi connectivity index (χ3n) is 4.28. The summed E-state index contributed by atoms with van der Waals surface area (Å²) >= 11 is 0. The van der Waals surface area contributed by atoms with Crippen LogP contribution in [0, 0.1) is 17.2 Å². The maximum absolute atomic E-state index is 12.5. The zero-order chi connectivity index (χ0) is 13.4. The molecule has 1 aliphatic heterocycles. The zero-order valence-electron chi connectivity index (χ0n) is 10.9. The number of methoxy groups -OCH3 is 1. The monoisotopic (exact) mass is 256 g/mol. The van der Waals surface area contributed by atoms with Crippen molar-refractivity contribution < 1.29 is 9.53 Å². The lowest BCUT2D eigenvalue weighted by Crippen LogP contribution is -2.39. The van der Waals surface area contributed by atoms with Crippen molar-refractivity contribution in [1.82, 2.24) is 4.90 Å². The highest BCUT2D eigenvalue weighted by Crippen LogP contribution is 2.40. The van der Waals surface area contributed by atoms with E-state index in [1.54, 1.807) is 31.4 Å². The van der Waals surface area contributed by atoms with Crippen LogP contribution in [0.15, 0.2) is 24.3 Å². The number of ether oxygens (including phenoxy) is 1. The molecule has 2 aliphatic rings. The van der Waals surface area contributed by atoms with Gasteiger partial charge in [0, 0.05) is 25.1 Å². The molecule has 0 N–H and O–H groups in total. The standard InChI is InChI=1S/C15H16N2O2/c1-19-14-12-5-6-13(14)17(9-12)15(18)11-4-2-3-10(7-11)8-16/h2-4,7,12-14H,5-6,9H2,1H3/t12-,13+,14-/m0/s1. The van der Waals surface area contributed by atoms with E-state index in [1.807, 2.05) is 4.90 Å². The molecule has 0 unspecified atom stereocenters. The molecule has 19 heavy (non-hydrogen) atoms. The number of amides is 1. The van der Waals surface area contributed by atoms with Gasteiger partial charge in [0.1, 0.15) is 0 Å². The van der Waals surface area contributed by atoms with Gasteiger partial charge in [-0.2, -0.15) is 5.26 Å². The molecule has 4 heteroatoms. The van der Waals surface area contributed by atoms with Crippen molar-refractivity contribution >= 4 is 5.91 Å². The number of nitrogens with zero attached hydrogens (tertiary/aromatic N) is 2. The van der Waals surface area contributed by atoms with Gasteiger partial charge in [-0.1, -0.05) is 6.07 Å². The van der Waals surface area contributed by atoms with Gasteiger partial charge in [0.15, 0.2) is 0 Å². The van der Waals surface area contributed by atoms with Gasteiger partial charge in [-0.15, -0.1) is 0 Å². The van der Waals surface area contributed by atoms with Crippen molar-refractivity contribution in [3.63, 3.8) is 0 Å². The van der Waals surface area contributed by atoms with Crippen LogP contribution in [-0.4, -0.2) is 36.6 Å². The van der Waals surface area contributed by atoms with Gasteiger partial charge in [0.2, 0.25) is 0 Å². The van der Waals surface area contributed by atoms with Crippen molar-refractivity contribution in [1.29, 1.82) is 5.26 Å². The summed E-state index contributed by atoms with van der Waals surface area (Å²) in [4.78, 5) is 14.4. The first kappa shape index (κ1) is 12.2. The maximum atomic E-state index is 12.5. The Balaban J connectivity index is 1.84. The van der Waals surface area contributed by atoms with Gasteiger partial charge in [-0.3, -0.25) is 4.79 Å². The van der Waals surface area contributed by atoms with E-state index in [9.17, 15) is 4.79 Å². The van der Waals surface area contributed by atoms with Crippen LogP contribution in [0.5, 0.6) is 0 Å². The lowest BCUT2D eigenvalue weighted by Gasteiger charge is -2.27. The second kappa shape index (κ2) is 4.67. The Hall–Kier alpha value is -1.86. The van der Waals surface area contributed by atoms with Gasteiger partial charge in [0.05, 0.1) is 23.8 Å². The molecule has 1 aliphatic carbocycles. The quantitative estimate of drug-likeness (QED) is 0.811. The molecule has 1 amide bonds. The lowest BCUT2D eigenvalue weighted by atomic mass is 10.1. The Morgan fingerprint density at radius 3 is 3.00 bits per heavy atom. The number of hydrogen-bond acceptors (Lipinski definition) is 3. The topological polar surface area (TPSA) is 53.3 Å². The Morgan fingerprint density at radius 1 is 1.47 bits per heavy atom. The summed E-state index contributed by atoms with van der Waals surface area (Å²) in [5.74, 6) is 0.490. The fourth-order valence-electron chi connectivity index (χ4n) is 3.41. The number of piperidine rings is 1. The first-order valence-electron chi connectivity index (χ1n) is 6.58. The summed E-state index contributed by atoms with van der Waals surface area (Å²) in [6.07, 6.45) is 2.35. The van der Waals surface area contributed by atoms with Crippen molar-refractivity contribution in [2.45, 2.75) is 25.0 Å². The fourth-order valence-corrected chi connectivity index (χ4v) is 3.41. The summed E-state index contributed by atoms with van der Waals surface area (Å²) in [6, 6.07) is 9.18. The Kier molecular flexibility index (Phi) is 3.00. The van der Waals surface area contributed by atoms with Gasteiger partial charge in [0.25, 0.3) is 5.91 Å². The van der Waals surface area contributed by atoms with E-state index in [4.69, 9.17) is 10.00 Å². The number of hydrogen-bond donors (Lipinski definition) is 0. The van der Waals surface area contributed by atoms with E-state index in [0.717, 1.165) is 19.4 Å². The number of nitriles is 1. The third kappa shape index (κ3) is 1.91. The summed E-state index contributed by atoms with van der Waals surface area (Å²) in [5.41, 5.74) is 1.12. The van der Waals surface area contributed by atoms with E-state index < -0.39 is 0 Å². The number of fused-ring (bicyclic) bond motifs is 2. The molecule has 3 atom stereocenters. The van der Waals surface area contributed by atoms with Crippen molar-refractivity contribution in [2.24, 2.45) is 5.92 Å². The average molecular weight is 256 g/mol. The molecule has 0 radical (unpaired) electrons. The highest BCUT2D eigenvalue weighted by molar-refractivity contribution is 5.95. The van der Waals surface area contributed by atoms with E-state index >= 15 is 0 Å². The Bertz CT molecular complexity index is 549. The Morgan fingerprint density at radius 2 is 2.32 bits per heavy atom. The number of carbonyl (C=O) groups is 1. The van der Waals surface area contributed by atoms with E-state index in [1.165, 1.54) is 0 Å². The molecule has 1 saturated heterocycles. The third-order valence-corrected chi connectivity index (χ3v) is 4.28. The zero-order valence-corrected chi connectivity index (χ0v) is 10.9. The lowest BCUT2D eigenvalue weighted by molar-refractivity contribution is 0.0546. The predicted molar refractivity (Wildman–Crippen MR) is 69.5 cm³/mol. The average Bonchev–Trinajstić information content (AvgIpc) is 3.03. The highest BCUT2D eigenvalue weighted by atomic mass is 16.5. The van der Waals surface area contributed by atoms with E-state index in [2.05, 4.69) is 6.07 Å². The highest BCUT2D eigenvalue weighted by Gasteiger charge is 2.49. The summed E-state index contributed by atoms with van der Waals surface area (Å²) in [7, 11) is 1.72. The SMILES string of the molecule is CO[C@H]1[C@H]2CC[C@H]1N(C(=O)c1cccc(C#N)c1)C2. The van der Waals surface area contributed by atoms with Crippen LogP contribution in [-0.2, 0) is 4.74 Å². The van der Waals surface area contributed by atoms with Crippen molar-refractivity contribution in [3.8, 4) is 6.07 Å². The van der Waals surface area contributed by atoms with Crippen LogP contribution in [0.25, 0.3) is 0 Å². The van der Waals surface area contributed by atoms with Crippen LogP contribution in [0.2, 0.25) is 0 Å². The van der Waals surface area contributed by atoms with Crippen LogP contribution in [0.3, 0.4) is 0 Å². The molecular weight excluding hydrogens is 240 g/mol. The minimum atomic E-state index is 0.0198. The van der Waals surface area contributed by atoms with Crippen LogP contribution in [0.4, 0.5) is 0 Å². The van der Waals surface area contributed by atoms with Crippen molar-refractivity contribution in [2.75, 3.05) is 13.7 Å². The number of benzene rings is 1. The second-order valence-electron chi connectivity index (χ2n) is 5.26. The van der Waals surface area contributed by atoms with Crippen LogP contribution in [0.1, 0.15) is 28.8 Å². The van der Waals surface area contributed by atoms with Gasteiger partial charge in [-0.25, -0.2) is 0 Å². The van der Waals surface area contributed by atoms with Crippen LogP contribution < -0.4 is 0 Å². The normalized spacial score (nSPS) is 28.4. The number of rotatable bonds is 2. The maximum Gasteiger partial charge on any atom is 0.254 e. The molecule has 1 aromatic carbocycles. The van der Waals surface area contributed by atoms with Crippen molar-refractivity contribution in [3.05, 3.63) is 35.4 Å². The largest absolute Gasteiger partial charge is 0.379 e. The molecule has 1 aromatic rings. The molecule has 0 aromatic heterocycles. The van der Waals surface area contributed by atoms with E-state index in [0.29, 0.717) is 17.0 Å². The molecular formula is C15H16N2O2. The molecule has 2 fully saturated rings. The molecule has 3 rings (SSSR count). The second-order valence-corrected chi connectivity index (χ2v) is 5.26. The molecule has 98 valence electrons. The molecule has 0 spiro atoms. The summed E-state index contributed by atoms with van der Waals surface area (Å²) in [6.45, 7) is 0.777.